The van der Waals surface area contributed by atoms with Gasteiger partial charge in [-0.3, -0.25) is 9.10 Å². The van der Waals surface area contributed by atoms with Crippen LogP contribution in [-0.2, 0) is 0 Å². The van der Waals surface area contributed by atoms with Crippen LogP contribution in [0.15, 0.2) is 12.4 Å². The van der Waals surface area contributed by atoms with Crippen molar-refractivity contribution in [2.75, 3.05) is 6.54 Å². The van der Waals surface area contributed by atoms with E-state index in [2.05, 4.69) is 11.9 Å². The Labute approximate surface area is 58.2 Å². The van der Waals surface area contributed by atoms with Crippen LogP contribution >= 0.6 is 11.9 Å². The van der Waals surface area contributed by atoms with Crippen molar-refractivity contribution < 1.29 is 4.79 Å². The Kier molecular flexibility index (Phi) is 1.66. The maximum Gasteiger partial charge on any atom is 0.305 e. The normalized spacial score (nSPS) is 18.6. The van der Waals surface area contributed by atoms with Crippen LogP contribution in [0.5, 0.6) is 0 Å². The van der Waals surface area contributed by atoms with Crippen molar-refractivity contribution in [1.82, 2.24) is 9.62 Å². The van der Waals surface area contributed by atoms with Gasteiger partial charge in [0.15, 0.2) is 0 Å². The summed E-state index contributed by atoms with van der Waals surface area (Å²) in [6, 6.07) is 0. The summed E-state index contributed by atoms with van der Waals surface area (Å²) < 4.78 is 1.81. The lowest BCUT2D eigenvalue weighted by Gasteiger charge is -2.09. The van der Waals surface area contributed by atoms with E-state index in [1.54, 1.807) is 0 Å². The van der Waals surface area contributed by atoms with Gasteiger partial charge in [0.1, 0.15) is 5.82 Å². The largest absolute Gasteiger partial charge is 0.305 e. The predicted molar refractivity (Wildman–Crippen MR) is 37.6 cm³/mol. The van der Waals surface area contributed by atoms with E-state index in [1.807, 2.05) is 11.2 Å². The van der Waals surface area contributed by atoms with Crippen molar-refractivity contribution >= 4 is 17.2 Å². The fourth-order valence-electron chi connectivity index (χ4n) is 0.614. The van der Waals surface area contributed by atoms with Crippen LogP contribution in [0.4, 0.5) is 4.79 Å². The first kappa shape index (κ1) is 6.48. The molecule has 0 aromatic heterocycles. The number of nitrogens with one attached hydrogen (secondary N) is 1. The molecular formula is C5H8N2OS. The molecule has 0 spiro atoms. The Bertz CT molecular complexity index is 157. The predicted octanol–water partition coefficient (Wildman–Crippen LogP) is 1.15. The van der Waals surface area contributed by atoms with Gasteiger partial charge in [0.2, 0.25) is 0 Å². The molecular weight excluding hydrogens is 136 g/mol. The van der Waals surface area contributed by atoms with Gasteiger partial charge in [-0.15, -0.1) is 0 Å². The molecule has 1 aliphatic heterocycles. The second-order valence-electron chi connectivity index (χ2n) is 1.65. The lowest BCUT2D eigenvalue weighted by Crippen LogP contribution is -2.14. The van der Waals surface area contributed by atoms with Gasteiger partial charge in [-0.25, -0.2) is 0 Å². The Morgan fingerprint density at radius 3 is 2.78 bits per heavy atom. The standard InChI is InChI=1S/C5H8N2OS/c1-3-7-4(2)6-5(8)9-7/h2-3H2,1H3,(H,6,8). The molecule has 0 atom stereocenters. The minimum atomic E-state index is -0.0400. The summed E-state index contributed by atoms with van der Waals surface area (Å²) in [6.45, 7) is 6.41. The highest BCUT2D eigenvalue weighted by molar-refractivity contribution is 8.12. The molecule has 0 radical (unpaired) electrons. The summed E-state index contributed by atoms with van der Waals surface area (Å²) in [5, 5.41) is 2.53. The van der Waals surface area contributed by atoms with E-state index in [9.17, 15) is 4.79 Å². The fourth-order valence-corrected chi connectivity index (χ4v) is 1.26. The van der Waals surface area contributed by atoms with Gasteiger partial charge in [-0.1, -0.05) is 6.58 Å². The lowest BCUT2D eigenvalue weighted by molar-refractivity contribution is 0.263. The molecule has 1 aliphatic rings. The van der Waals surface area contributed by atoms with E-state index in [0.29, 0.717) is 5.82 Å². The topological polar surface area (TPSA) is 32.3 Å². The zero-order valence-corrected chi connectivity index (χ0v) is 5.99. The Hall–Kier alpha value is -0.640. The van der Waals surface area contributed by atoms with Gasteiger partial charge in [-0.2, -0.15) is 0 Å². The van der Waals surface area contributed by atoms with Crippen molar-refractivity contribution in [3.05, 3.63) is 12.4 Å². The maximum atomic E-state index is 10.6. The van der Waals surface area contributed by atoms with Gasteiger partial charge >= 0.3 is 5.24 Å². The number of hydrogen-bond donors (Lipinski definition) is 1. The zero-order chi connectivity index (χ0) is 6.85. The van der Waals surface area contributed by atoms with Crippen LogP contribution in [0.25, 0.3) is 0 Å². The fraction of sp³-hybridized carbons (Fsp3) is 0.400. The van der Waals surface area contributed by atoms with Crippen LogP contribution < -0.4 is 5.32 Å². The Morgan fingerprint density at radius 2 is 2.56 bits per heavy atom. The quantitative estimate of drug-likeness (QED) is 0.560. The van der Waals surface area contributed by atoms with Gasteiger partial charge in [0, 0.05) is 6.54 Å². The summed E-state index contributed by atoms with van der Waals surface area (Å²) in [4.78, 5) is 10.6. The molecule has 1 saturated heterocycles. The Morgan fingerprint density at radius 1 is 1.89 bits per heavy atom. The number of carbonyl (C=O) groups excluding carboxylic acids is 1. The summed E-state index contributed by atoms with van der Waals surface area (Å²) in [7, 11) is 0. The molecule has 1 fully saturated rings. The summed E-state index contributed by atoms with van der Waals surface area (Å²) in [5.74, 6) is 0.688. The average Bonchev–Trinajstić information content (AvgIpc) is 2.10. The molecule has 50 valence electrons. The Balaban J connectivity index is 2.58. The second-order valence-corrected chi connectivity index (χ2v) is 2.64. The highest BCUT2D eigenvalue weighted by Crippen LogP contribution is 2.21. The number of nitrogens with zero attached hydrogens (tertiary/aromatic N) is 1. The molecule has 3 nitrogen and oxygen atoms in total. The van der Waals surface area contributed by atoms with Crippen LogP contribution in [0.1, 0.15) is 6.92 Å². The molecule has 0 unspecified atom stereocenters. The van der Waals surface area contributed by atoms with Crippen molar-refractivity contribution in [3.63, 3.8) is 0 Å². The molecule has 0 aromatic carbocycles. The van der Waals surface area contributed by atoms with Gasteiger partial charge < -0.3 is 5.32 Å². The highest BCUT2D eigenvalue weighted by Gasteiger charge is 2.20. The van der Waals surface area contributed by atoms with Gasteiger partial charge in [0.25, 0.3) is 0 Å². The van der Waals surface area contributed by atoms with Crippen LogP contribution in [0, 0.1) is 0 Å². The third-order valence-electron chi connectivity index (χ3n) is 1.03. The first-order valence-electron chi connectivity index (χ1n) is 2.69. The first-order valence-corrected chi connectivity index (χ1v) is 3.46. The smallest absolute Gasteiger partial charge is 0.301 e. The minimum Gasteiger partial charge on any atom is -0.301 e. The molecule has 9 heavy (non-hydrogen) atoms. The number of hydrogen-bond acceptors (Lipinski definition) is 3. The SMILES string of the molecule is C=C1NC(=O)SN1CC. The highest BCUT2D eigenvalue weighted by atomic mass is 32.2. The van der Waals surface area contributed by atoms with Gasteiger partial charge in [0.05, 0.1) is 11.9 Å². The third kappa shape index (κ3) is 1.18. The number of amides is 1. The van der Waals surface area contributed by atoms with E-state index in [1.165, 1.54) is 0 Å². The average molecular weight is 144 g/mol. The van der Waals surface area contributed by atoms with Crippen molar-refractivity contribution in [2.24, 2.45) is 0 Å². The maximum absolute atomic E-state index is 10.6. The van der Waals surface area contributed by atoms with Crippen LogP contribution in [0.2, 0.25) is 0 Å². The molecule has 0 aromatic rings. The third-order valence-corrected chi connectivity index (χ3v) is 1.99. The van der Waals surface area contributed by atoms with Crippen molar-refractivity contribution in [2.45, 2.75) is 6.92 Å². The van der Waals surface area contributed by atoms with Crippen molar-refractivity contribution in [1.29, 1.82) is 0 Å². The van der Waals surface area contributed by atoms with E-state index in [4.69, 9.17) is 0 Å². The van der Waals surface area contributed by atoms with E-state index >= 15 is 0 Å². The minimum absolute atomic E-state index is 0.0400. The van der Waals surface area contributed by atoms with Crippen molar-refractivity contribution in [3.8, 4) is 0 Å². The number of carbonyl (C=O) groups is 1. The number of rotatable bonds is 1. The molecule has 0 saturated carbocycles. The molecule has 0 bridgehead atoms. The van der Waals surface area contributed by atoms with E-state index < -0.39 is 0 Å². The summed E-state index contributed by atoms with van der Waals surface area (Å²) >= 11 is 1.16. The zero-order valence-electron chi connectivity index (χ0n) is 5.18. The molecule has 1 N–H and O–H groups in total. The molecule has 1 amide bonds. The molecule has 0 aliphatic carbocycles. The lowest BCUT2D eigenvalue weighted by atomic mass is 10.7. The van der Waals surface area contributed by atoms with E-state index in [-0.39, 0.29) is 5.24 Å². The second kappa shape index (κ2) is 2.31. The molecule has 1 heterocycles. The van der Waals surface area contributed by atoms with E-state index in [0.717, 1.165) is 18.5 Å². The van der Waals surface area contributed by atoms with Crippen LogP contribution in [-0.4, -0.2) is 16.1 Å². The monoisotopic (exact) mass is 144 g/mol. The molecule has 1 rings (SSSR count). The summed E-state index contributed by atoms with van der Waals surface area (Å²) in [5.41, 5.74) is 0. The summed E-state index contributed by atoms with van der Waals surface area (Å²) in [6.07, 6.45) is 0. The molecule has 4 heteroatoms. The van der Waals surface area contributed by atoms with Crippen LogP contribution in [0.3, 0.4) is 0 Å². The first-order chi connectivity index (χ1) is 4.24. The van der Waals surface area contributed by atoms with Gasteiger partial charge in [-0.05, 0) is 6.92 Å².